The van der Waals surface area contributed by atoms with Crippen molar-refractivity contribution in [2.24, 2.45) is 0 Å². The van der Waals surface area contributed by atoms with Gasteiger partial charge in [-0.05, 0) is 73.7 Å². The number of aromatic carboxylic acids is 1. The Morgan fingerprint density at radius 2 is 1.85 bits per heavy atom. The Hall–Kier alpha value is -4.24. The van der Waals surface area contributed by atoms with Crippen LogP contribution in [0.4, 0.5) is 16.0 Å². The number of nitrogens with zero attached hydrogens (tertiary/aromatic N) is 3. The number of benzene rings is 3. The van der Waals surface area contributed by atoms with Crippen molar-refractivity contribution in [1.29, 1.82) is 0 Å². The molecule has 206 valence electrons. The first-order valence-corrected chi connectivity index (χ1v) is 13.6. The molecule has 2 aliphatic heterocycles. The van der Waals surface area contributed by atoms with Crippen molar-refractivity contribution in [3.8, 4) is 0 Å². The maximum atomic E-state index is 14.3. The summed E-state index contributed by atoms with van der Waals surface area (Å²) >= 11 is 0. The van der Waals surface area contributed by atoms with Crippen molar-refractivity contribution >= 4 is 28.5 Å². The smallest absolute Gasteiger partial charge is 0.337 e. The summed E-state index contributed by atoms with van der Waals surface area (Å²) in [6, 6.07) is 15.0. The summed E-state index contributed by atoms with van der Waals surface area (Å²) in [7, 11) is 0. The molecule has 0 aliphatic carbocycles. The van der Waals surface area contributed by atoms with Gasteiger partial charge in [0.25, 0.3) is 5.56 Å². The van der Waals surface area contributed by atoms with Crippen LogP contribution in [-0.2, 0) is 17.8 Å². The average molecular weight is 543 g/mol. The van der Waals surface area contributed by atoms with E-state index < -0.39 is 5.97 Å². The fraction of sp³-hybridized carbons (Fsp3) is 0.323. The molecule has 1 unspecified atom stereocenters. The number of carboxylic acid groups (broad SMARTS) is 1. The largest absolute Gasteiger partial charge is 0.478 e. The number of hydrogen-bond acceptors (Lipinski definition) is 6. The average Bonchev–Trinajstić information content (AvgIpc) is 3.36. The van der Waals surface area contributed by atoms with Gasteiger partial charge in [0.15, 0.2) is 0 Å². The van der Waals surface area contributed by atoms with Crippen molar-refractivity contribution in [1.82, 2.24) is 9.55 Å². The highest BCUT2D eigenvalue weighted by Crippen LogP contribution is 2.34. The zero-order chi connectivity index (χ0) is 28.0. The van der Waals surface area contributed by atoms with Gasteiger partial charge in [-0.1, -0.05) is 24.3 Å². The van der Waals surface area contributed by atoms with E-state index in [1.807, 2.05) is 35.4 Å². The van der Waals surface area contributed by atoms with Gasteiger partial charge in [-0.2, -0.15) is 0 Å². The molecule has 3 aromatic carbocycles. The lowest BCUT2D eigenvalue weighted by Gasteiger charge is -2.30. The number of carbonyl (C=O) groups is 1. The number of aromatic nitrogens is 2. The molecular formula is C31H31FN4O4. The molecule has 4 aromatic rings. The summed E-state index contributed by atoms with van der Waals surface area (Å²) in [4.78, 5) is 33.3. The number of aryl methyl sites for hydroxylation is 1. The van der Waals surface area contributed by atoms with Crippen molar-refractivity contribution in [2.45, 2.75) is 51.9 Å². The SMILES string of the molecule is Cc1cc(C(C)Nc2ccccc2C(=O)O)c2nc(N3Cc4ccc(F)cc4C3)n(C3CCOCC3)c(=O)c2c1. The number of carboxylic acids is 1. The Balaban J connectivity index is 1.50. The minimum atomic E-state index is -1.02. The van der Waals surface area contributed by atoms with E-state index in [4.69, 9.17) is 9.72 Å². The van der Waals surface area contributed by atoms with Gasteiger partial charge in [0, 0.05) is 43.6 Å². The van der Waals surface area contributed by atoms with Crippen molar-refractivity contribution in [3.05, 3.63) is 98.6 Å². The predicted octanol–water partition coefficient (Wildman–Crippen LogP) is 5.59. The maximum absolute atomic E-state index is 14.3. The number of para-hydroxylation sites is 1. The highest BCUT2D eigenvalue weighted by atomic mass is 19.1. The van der Waals surface area contributed by atoms with Crippen molar-refractivity contribution in [2.75, 3.05) is 23.4 Å². The second-order valence-electron chi connectivity index (χ2n) is 10.7. The van der Waals surface area contributed by atoms with Crippen LogP contribution in [0.3, 0.4) is 0 Å². The zero-order valence-corrected chi connectivity index (χ0v) is 22.5. The third kappa shape index (κ3) is 4.70. The van der Waals surface area contributed by atoms with Gasteiger partial charge >= 0.3 is 5.97 Å². The summed E-state index contributed by atoms with van der Waals surface area (Å²) in [5.74, 6) is -0.744. The number of ether oxygens (including phenoxy) is 1. The van der Waals surface area contributed by atoms with E-state index in [-0.39, 0.29) is 29.0 Å². The lowest BCUT2D eigenvalue weighted by molar-refractivity contribution is 0.0687. The van der Waals surface area contributed by atoms with Crippen molar-refractivity contribution in [3.63, 3.8) is 0 Å². The summed E-state index contributed by atoms with van der Waals surface area (Å²) in [5.41, 5.74) is 4.73. The molecule has 0 spiro atoms. The molecule has 1 fully saturated rings. The second-order valence-corrected chi connectivity index (χ2v) is 10.7. The first-order chi connectivity index (χ1) is 19.3. The second kappa shape index (κ2) is 10.4. The van der Waals surface area contributed by atoms with Crippen molar-refractivity contribution < 1.29 is 19.0 Å². The molecule has 0 amide bonds. The molecule has 1 atom stereocenters. The summed E-state index contributed by atoms with van der Waals surface area (Å²) in [5, 5.41) is 13.5. The fourth-order valence-corrected chi connectivity index (χ4v) is 5.91. The Morgan fingerprint density at radius 3 is 2.62 bits per heavy atom. The van der Waals surface area contributed by atoms with Gasteiger partial charge in [0.1, 0.15) is 5.82 Å². The van der Waals surface area contributed by atoms with Gasteiger partial charge in [-0.15, -0.1) is 0 Å². The number of halogens is 1. The monoisotopic (exact) mass is 542 g/mol. The van der Waals surface area contributed by atoms with Crippen LogP contribution in [0.5, 0.6) is 0 Å². The highest BCUT2D eigenvalue weighted by molar-refractivity contribution is 5.94. The van der Waals surface area contributed by atoms with E-state index in [9.17, 15) is 19.1 Å². The third-order valence-corrected chi connectivity index (χ3v) is 7.89. The number of rotatable bonds is 6. The minimum absolute atomic E-state index is 0.0597. The normalized spacial score (nSPS) is 16.2. The molecular weight excluding hydrogens is 511 g/mol. The molecule has 1 saturated heterocycles. The molecule has 0 saturated carbocycles. The van der Waals surface area contributed by atoms with Gasteiger partial charge in [-0.25, -0.2) is 14.2 Å². The van der Waals surface area contributed by atoms with Crippen LogP contribution in [0.25, 0.3) is 10.9 Å². The number of hydrogen-bond donors (Lipinski definition) is 2. The fourth-order valence-electron chi connectivity index (χ4n) is 5.91. The Kier molecular flexibility index (Phi) is 6.75. The zero-order valence-electron chi connectivity index (χ0n) is 22.5. The minimum Gasteiger partial charge on any atom is -0.478 e. The molecule has 2 aliphatic rings. The molecule has 2 N–H and O–H groups in total. The quantitative estimate of drug-likeness (QED) is 0.328. The number of nitrogens with one attached hydrogen (secondary N) is 1. The summed E-state index contributed by atoms with van der Waals surface area (Å²) in [6.07, 6.45) is 1.41. The lowest BCUT2D eigenvalue weighted by Crippen LogP contribution is -2.35. The predicted molar refractivity (Wildman–Crippen MR) is 152 cm³/mol. The third-order valence-electron chi connectivity index (χ3n) is 7.89. The van der Waals surface area contributed by atoms with Crippen LogP contribution in [-0.4, -0.2) is 33.8 Å². The van der Waals surface area contributed by atoms with E-state index in [0.29, 0.717) is 61.7 Å². The number of fused-ring (bicyclic) bond motifs is 2. The van der Waals surface area contributed by atoms with Gasteiger partial charge in [0.2, 0.25) is 5.95 Å². The summed E-state index contributed by atoms with van der Waals surface area (Å²) in [6.45, 7) is 6.00. The van der Waals surface area contributed by atoms with Crippen LogP contribution >= 0.6 is 0 Å². The van der Waals surface area contributed by atoms with Crippen LogP contribution < -0.4 is 15.8 Å². The first kappa shape index (κ1) is 26.0. The molecule has 3 heterocycles. The topological polar surface area (TPSA) is 96.7 Å². The van der Waals surface area contributed by atoms with E-state index in [1.165, 1.54) is 6.07 Å². The highest BCUT2D eigenvalue weighted by Gasteiger charge is 2.29. The van der Waals surface area contributed by atoms with Crippen LogP contribution in [0, 0.1) is 12.7 Å². The molecule has 0 radical (unpaired) electrons. The maximum Gasteiger partial charge on any atom is 0.337 e. The number of anilines is 2. The first-order valence-electron chi connectivity index (χ1n) is 13.6. The molecule has 9 heteroatoms. The van der Waals surface area contributed by atoms with E-state index >= 15 is 0 Å². The Bertz CT molecular complexity index is 1680. The van der Waals surface area contributed by atoms with E-state index in [0.717, 1.165) is 22.3 Å². The van der Waals surface area contributed by atoms with Crippen LogP contribution in [0.15, 0.2) is 59.4 Å². The molecule has 40 heavy (non-hydrogen) atoms. The van der Waals surface area contributed by atoms with Gasteiger partial charge in [-0.3, -0.25) is 9.36 Å². The van der Waals surface area contributed by atoms with Gasteiger partial charge in [0.05, 0.1) is 22.5 Å². The van der Waals surface area contributed by atoms with E-state index in [2.05, 4.69) is 5.32 Å². The van der Waals surface area contributed by atoms with Crippen LogP contribution in [0.2, 0.25) is 0 Å². The van der Waals surface area contributed by atoms with Crippen LogP contribution in [0.1, 0.15) is 64.5 Å². The standard InChI is InChI=1S/C31H31FN4O4/c1-18-13-25(19(2)33-27-6-4-3-5-24(27)30(38)39)28-26(14-18)29(37)36(23-9-11-40-12-10-23)31(34-28)35-16-20-7-8-22(32)15-21(20)17-35/h3-8,13-15,19,23,33H,9-12,16-17H2,1-2H3,(H,38,39). The molecule has 8 nitrogen and oxygen atoms in total. The molecule has 1 aromatic heterocycles. The molecule has 6 rings (SSSR count). The molecule has 0 bridgehead atoms. The Morgan fingerprint density at radius 1 is 1.10 bits per heavy atom. The van der Waals surface area contributed by atoms with E-state index in [1.54, 1.807) is 36.4 Å². The summed E-state index contributed by atoms with van der Waals surface area (Å²) < 4.78 is 21.4. The Labute approximate surface area is 231 Å². The van der Waals surface area contributed by atoms with Gasteiger partial charge < -0.3 is 20.1 Å². The lowest BCUT2D eigenvalue weighted by atomic mass is 10.00.